The zero-order valence-electron chi connectivity index (χ0n) is 16.1. The molecule has 0 spiro atoms. The highest BCUT2D eigenvalue weighted by Gasteiger charge is 2.17. The molecular weight excluding hydrogens is 344 g/mol. The van der Waals surface area contributed by atoms with Gasteiger partial charge in [-0.25, -0.2) is 0 Å². The van der Waals surface area contributed by atoms with Gasteiger partial charge in [-0.3, -0.25) is 18.7 Å². The summed E-state index contributed by atoms with van der Waals surface area (Å²) in [6.45, 7) is 7.11. The van der Waals surface area contributed by atoms with Crippen LogP contribution in [0.15, 0.2) is 27.5 Å². The summed E-state index contributed by atoms with van der Waals surface area (Å²) in [4.78, 5) is 14.8. The van der Waals surface area contributed by atoms with E-state index in [2.05, 4.69) is 20.3 Å². The van der Waals surface area contributed by atoms with Crippen molar-refractivity contribution in [3.63, 3.8) is 0 Å². The number of hydrogen-bond donors (Lipinski definition) is 0. The molecule has 0 aliphatic carbocycles. The predicted molar refractivity (Wildman–Crippen MR) is 102 cm³/mol. The van der Waals surface area contributed by atoms with Gasteiger partial charge in [0.05, 0.1) is 23.1 Å². The van der Waals surface area contributed by atoms with Crippen LogP contribution in [0.4, 0.5) is 0 Å². The van der Waals surface area contributed by atoms with E-state index in [0.717, 1.165) is 33.9 Å². The minimum absolute atomic E-state index is 0.0655. The van der Waals surface area contributed by atoms with E-state index in [0.29, 0.717) is 24.3 Å². The molecule has 8 nitrogen and oxygen atoms in total. The minimum atomic E-state index is -0.0655. The average molecular weight is 366 g/mol. The Hall–Kier alpha value is -3.00. The SMILES string of the molecule is Cc1ccc2c(c1)c(=O)n(C)c1nnc(CN(C)Cc3c(C)noc3C)n21. The largest absolute Gasteiger partial charge is 0.361 e. The highest BCUT2D eigenvalue weighted by molar-refractivity contribution is 5.81. The Kier molecular flexibility index (Phi) is 4.07. The number of hydrogen-bond acceptors (Lipinski definition) is 6. The van der Waals surface area contributed by atoms with Gasteiger partial charge in [0.25, 0.3) is 5.56 Å². The third-order valence-electron chi connectivity index (χ3n) is 4.96. The van der Waals surface area contributed by atoms with Crippen molar-refractivity contribution >= 4 is 16.7 Å². The van der Waals surface area contributed by atoms with Crippen molar-refractivity contribution in [1.82, 2.24) is 29.2 Å². The topological polar surface area (TPSA) is 81.5 Å². The van der Waals surface area contributed by atoms with Gasteiger partial charge < -0.3 is 4.52 Å². The van der Waals surface area contributed by atoms with Crippen molar-refractivity contribution in [3.05, 3.63) is 57.0 Å². The number of rotatable bonds is 4. The normalized spacial score (nSPS) is 11.9. The molecule has 0 bridgehead atoms. The van der Waals surface area contributed by atoms with Crippen molar-refractivity contribution < 1.29 is 4.52 Å². The number of benzene rings is 1. The molecule has 0 fully saturated rings. The van der Waals surface area contributed by atoms with Gasteiger partial charge in [-0.05, 0) is 40.0 Å². The molecule has 0 N–H and O–H groups in total. The maximum atomic E-state index is 12.7. The van der Waals surface area contributed by atoms with Crippen LogP contribution in [0.5, 0.6) is 0 Å². The highest BCUT2D eigenvalue weighted by atomic mass is 16.5. The molecule has 140 valence electrons. The van der Waals surface area contributed by atoms with Crippen LogP contribution in [0.3, 0.4) is 0 Å². The smallest absolute Gasteiger partial charge is 0.262 e. The quantitative estimate of drug-likeness (QED) is 0.550. The van der Waals surface area contributed by atoms with E-state index in [9.17, 15) is 4.79 Å². The Morgan fingerprint density at radius 2 is 1.93 bits per heavy atom. The van der Waals surface area contributed by atoms with E-state index in [1.165, 1.54) is 0 Å². The van der Waals surface area contributed by atoms with E-state index in [4.69, 9.17) is 4.52 Å². The molecule has 4 rings (SSSR count). The summed E-state index contributed by atoms with van der Waals surface area (Å²) in [7, 11) is 3.74. The van der Waals surface area contributed by atoms with Crippen molar-refractivity contribution in [3.8, 4) is 0 Å². The summed E-state index contributed by atoms with van der Waals surface area (Å²) in [5, 5.41) is 13.3. The second kappa shape index (κ2) is 6.31. The fourth-order valence-electron chi connectivity index (χ4n) is 3.46. The summed E-state index contributed by atoms with van der Waals surface area (Å²) < 4.78 is 8.76. The van der Waals surface area contributed by atoms with Crippen LogP contribution in [-0.4, -0.2) is 36.3 Å². The lowest BCUT2D eigenvalue weighted by molar-refractivity contribution is 0.306. The van der Waals surface area contributed by atoms with Crippen LogP contribution in [0.1, 0.15) is 28.4 Å². The molecule has 0 aliphatic rings. The first-order chi connectivity index (χ1) is 12.9. The number of aromatic nitrogens is 5. The van der Waals surface area contributed by atoms with Gasteiger partial charge >= 0.3 is 0 Å². The predicted octanol–water partition coefficient (Wildman–Crippen LogP) is 2.13. The van der Waals surface area contributed by atoms with Crippen molar-refractivity contribution in [1.29, 1.82) is 0 Å². The maximum absolute atomic E-state index is 12.7. The monoisotopic (exact) mass is 366 g/mol. The van der Waals surface area contributed by atoms with Gasteiger partial charge in [-0.1, -0.05) is 16.8 Å². The van der Waals surface area contributed by atoms with E-state index < -0.39 is 0 Å². The molecule has 3 heterocycles. The van der Waals surface area contributed by atoms with Gasteiger partial charge in [0.1, 0.15) is 5.76 Å². The van der Waals surface area contributed by atoms with Crippen LogP contribution in [-0.2, 0) is 20.1 Å². The average Bonchev–Trinajstić information content (AvgIpc) is 3.18. The summed E-state index contributed by atoms with van der Waals surface area (Å²) in [5.41, 5.74) is 3.78. The summed E-state index contributed by atoms with van der Waals surface area (Å²) in [6, 6.07) is 5.87. The summed E-state index contributed by atoms with van der Waals surface area (Å²) in [6.07, 6.45) is 0. The first-order valence-corrected chi connectivity index (χ1v) is 8.80. The molecule has 3 aromatic heterocycles. The zero-order valence-corrected chi connectivity index (χ0v) is 16.1. The van der Waals surface area contributed by atoms with Crippen LogP contribution in [0.25, 0.3) is 16.7 Å². The van der Waals surface area contributed by atoms with Crippen LogP contribution in [0, 0.1) is 20.8 Å². The van der Waals surface area contributed by atoms with Gasteiger partial charge in [-0.2, -0.15) is 0 Å². The second-order valence-electron chi connectivity index (χ2n) is 7.11. The lowest BCUT2D eigenvalue weighted by Gasteiger charge is -2.16. The third-order valence-corrected chi connectivity index (χ3v) is 4.96. The molecule has 8 heteroatoms. The highest BCUT2D eigenvalue weighted by Crippen LogP contribution is 2.18. The van der Waals surface area contributed by atoms with Gasteiger partial charge in [0.15, 0.2) is 5.82 Å². The molecule has 0 unspecified atom stereocenters. The molecule has 0 saturated heterocycles. The zero-order chi connectivity index (χ0) is 19.3. The lowest BCUT2D eigenvalue weighted by Crippen LogP contribution is -2.22. The molecule has 0 saturated carbocycles. The Morgan fingerprint density at radius 3 is 2.63 bits per heavy atom. The van der Waals surface area contributed by atoms with Crippen LogP contribution < -0.4 is 5.56 Å². The fourth-order valence-corrected chi connectivity index (χ4v) is 3.46. The first-order valence-electron chi connectivity index (χ1n) is 8.80. The number of fused-ring (bicyclic) bond motifs is 3. The second-order valence-corrected chi connectivity index (χ2v) is 7.11. The Labute approximate surface area is 156 Å². The van der Waals surface area contributed by atoms with Crippen LogP contribution >= 0.6 is 0 Å². The molecule has 0 amide bonds. The maximum Gasteiger partial charge on any atom is 0.262 e. The molecule has 0 aliphatic heterocycles. The molecule has 27 heavy (non-hydrogen) atoms. The first kappa shape index (κ1) is 17.4. The molecule has 4 aromatic rings. The van der Waals surface area contributed by atoms with E-state index in [1.807, 2.05) is 50.4 Å². The number of nitrogens with zero attached hydrogens (tertiary/aromatic N) is 6. The van der Waals surface area contributed by atoms with E-state index >= 15 is 0 Å². The van der Waals surface area contributed by atoms with E-state index in [-0.39, 0.29) is 5.56 Å². The van der Waals surface area contributed by atoms with Gasteiger partial charge in [-0.15, -0.1) is 10.2 Å². The molecule has 0 atom stereocenters. The van der Waals surface area contributed by atoms with Gasteiger partial charge in [0.2, 0.25) is 5.78 Å². The van der Waals surface area contributed by atoms with Crippen molar-refractivity contribution in [2.45, 2.75) is 33.9 Å². The molecular formula is C19H22N6O2. The lowest BCUT2D eigenvalue weighted by atomic mass is 10.1. The standard InChI is InChI=1S/C19H22N6O2/c1-11-6-7-16-14(8-11)18(26)24(5)19-21-20-17(25(16)19)10-23(4)9-15-12(2)22-27-13(15)3/h6-8H,9-10H2,1-5H3. The van der Waals surface area contributed by atoms with Crippen molar-refractivity contribution in [2.24, 2.45) is 7.05 Å². The van der Waals surface area contributed by atoms with E-state index in [1.54, 1.807) is 11.6 Å². The van der Waals surface area contributed by atoms with Gasteiger partial charge in [0, 0.05) is 19.2 Å². The third kappa shape index (κ3) is 2.82. The Bertz CT molecular complexity index is 1200. The molecule has 0 radical (unpaired) electrons. The van der Waals surface area contributed by atoms with Crippen LogP contribution in [0.2, 0.25) is 0 Å². The summed E-state index contributed by atoms with van der Waals surface area (Å²) in [5.74, 6) is 2.15. The van der Waals surface area contributed by atoms with Crippen molar-refractivity contribution in [2.75, 3.05) is 7.05 Å². The Balaban J connectivity index is 1.79. The summed E-state index contributed by atoms with van der Waals surface area (Å²) >= 11 is 0. The molecule has 1 aromatic carbocycles. The fraction of sp³-hybridized carbons (Fsp3) is 0.368. The minimum Gasteiger partial charge on any atom is -0.361 e. The number of aryl methyl sites for hydroxylation is 4. The Morgan fingerprint density at radius 1 is 1.15 bits per heavy atom.